The van der Waals surface area contributed by atoms with E-state index in [1.807, 2.05) is 6.20 Å². The Hall–Kier alpha value is -0.830. The Labute approximate surface area is 72.6 Å². The van der Waals surface area contributed by atoms with Crippen molar-refractivity contribution in [1.29, 1.82) is 0 Å². The maximum absolute atomic E-state index is 5.52. The highest BCUT2D eigenvalue weighted by Gasteiger charge is 2.17. The van der Waals surface area contributed by atoms with E-state index in [0.717, 1.165) is 25.4 Å². The summed E-state index contributed by atoms with van der Waals surface area (Å²) in [6.07, 6.45) is 5.48. The maximum Gasteiger partial charge on any atom is 0.0492 e. The van der Waals surface area contributed by atoms with Gasteiger partial charge in [-0.15, -0.1) is 0 Å². The molecule has 3 nitrogen and oxygen atoms in total. The van der Waals surface area contributed by atoms with Crippen LogP contribution in [0.5, 0.6) is 0 Å². The molecule has 12 heavy (non-hydrogen) atoms. The van der Waals surface area contributed by atoms with Crippen LogP contribution in [0.3, 0.4) is 0 Å². The fraction of sp³-hybridized carbons (Fsp3) is 0.667. The van der Waals surface area contributed by atoms with Crippen LogP contribution in [0.25, 0.3) is 0 Å². The topological polar surface area (TPSA) is 43.8 Å². The van der Waals surface area contributed by atoms with Crippen LogP contribution >= 0.6 is 0 Å². The second kappa shape index (κ2) is 3.27. The summed E-state index contributed by atoms with van der Waals surface area (Å²) in [5.41, 5.74) is 6.90. The molecule has 0 amide bonds. The summed E-state index contributed by atoms with van der Waals surface area (Å²) in [5, 5.41) is 4.27. The number of hydrogen-bond donors (Lipinski definition) is 1. The third-order valence-electron chi connectivity index (χ3n) is 2.62. The highest BCUT2D eigenvalue weighted by molar-refractivity contribution is 5.03. The first kappa shape index (κ1) is 7.80. The maximum atomic E-state index is 5.52. The first-order valence-electron chi connectivity index (χ1n) is 4.61. The Morgan fingerprint density at radius 3 is 3.42 bits per heavy atom. The Bertz CT molecular complexity index is 254. The fourth-order valence-electron chi connectivity index (χ4n) is 1.90. The number of aromatic nitrogens is 2. The van der Waals surface area contributed by atoms with Crippen LogP contribution in [-0.4, -0.2) is 16.3 Å². The molecular weight excluding hydrogens is 150 g/mol. The van der Waals surface area contributed by atoms with Gasteiger partial charge in [0.1, 0.15) is 0 Å². The first-order valence-corrected chi connectivity index (χ1v) is 4.61. The zero-order valence-electron chi connectivity index (χ0n) is 7.24. The van der Waals surface area contributed by atoms with Gasteiger partial charge in [-0.05, 0) is 37.8 Å². The summed E-state index contributed by atoms with van der Waals surface area (Å²) < 4.78 is 2.11. The van der Waals surface area contributed by atoms with Gasteiger partial charge in [0.05, 0.1) is 0 Å². The van der Waals surface area contributed by atoms with Gasteiger partial charge in [-0.25, -0.2) is 0 Å². The Morgan fingerprint density at radius 1 is 1.67 bits per heavy atom. The van der Waals surface area contributed by atoms with E-state index in [4.69, 9.17) is 5.73 Å². The van der Waals surface area contributed by atoms with E-state index in [1.54, 1.807) is 0 Å². The number of rotatable bonds is 2. The van der Waals surface area contributed by atoms with Gasteiger partial charge in [0.2, 0.25) is 0 Å². The molecular formula is C9H15N3. The molecule has 1 aliphatic heterocycles. The molecule has 1 unspecified atom stereocenters. The number of nitrogens with zero attached hydrogens (tertiary/aromatic N) is 2. The molecule has 0 spiro atoms. The van der Waals surface area contributed by atoms with Crippen LogP contribution in [0.4, 0.5) is 0 Å². The van der Waals surface area contributed by atoms with Gasteiger partial charge < -0.3 is 5.73 Å². The smallest absolute Gasteiger partial charge is 0.0492 e. The summed E-state index contributed by atoms with van der Waals surface area (Å²) in [6, 6.07) is 2.11. The molecule has 0 fully saturated rings. The minimum Gasteiger partial charge on any atom is -0.330 e. The van der Waals surface area contributed by atoms with Crippen molar-refractivity contribution >= 4 is 0 Å². The summed E-state index contributed by atoms with van der Waals surface area (Å²) in [7, 11) is 0. The van der Waals surface area contributed by atoms with E-state index in [-0.39, 0.29) is 0 Å². The zero-order valence-corrected chi connectivity index (χ0v) is 7.24. The normalized spacial score (nSPS) is 22.2. The predicted molar refractivity (Wildman–Crippen MR) is 47.7 cm³/mol. The highest BCUT2D eigenvalue weighted by Crippen LogP contribution is 2.20. The largest absolute Gasteiger partial charge is 0.330 e. The summed E-state index contributed by atoms with van der Waals surface area (Å²) in [6.45, 7) is 1.88. The molecule has 1 aromatic heterocycles. The zero-order chi connectivity index (χ0) is 8.39. The van der Waals surface area contributed by atoms with E-state index in [9.17, 15) is 0 Å². The minimum absolute atomic E-state index is 0.752. The van der Waals surface area contributed by atoms with Gasteiger partial charge in [-0.1, -0.05) is 0 Å². The fourth-order valence-corrected chi connectivity index (χ4v) is 1.90. The van der Waals surface area contributed by atoms with Crippen molar-refractivity contribution in [3.05, 3.63) is 18.0 Å². The van der Waals surface area contributed by atoms with Gasteiger partial charge in [-0.2, -0.15) is 5.10 Å². The molecule has 0 saturated heterocycles. The van der Waals surface area contributed by atoms with Crippen LogP contribution in [0, 0.1) is 5.92 Å². The molecule has 0 aliphatic carbocycles. The van der Waals surface area contributed by atoms with Gasteiger partial charge in [-0.3, -0.25) is 4.68 Å². The molecule has 3 heteroatoms. The van der Waals surface area contributed by atoms with Gasteiger partial charge in [0.15, 0.2) is 0 Å². The SMILES string of the molecule is NCCC1CCc2ccnn2C1. The molecule has 0 saturated carbocycles. The third kappa shape index (κ3) is 1.37. The molecule has 1 atom stereocenters. The van der Waals surface area contributed by atoms with Crippen LogP contribution < -0.4 is 5.73 Å². The predicted octanol–water partition coefficient (Wildman–Crippen LogP) is 0.794. The average molecular weight is 165 g/mol. The minimum atomic E-state index is 0.752. The van der Waals surface area contributed by atoms with Crippen molar-refractivity contribution in [3.63, 3.8) is 0 Å². The standard InChI is InChI=1S/C9H15N3/c10-5-3-8-1-2-9-4-6-11-12(9)7-8/h4,6,8H,1-3,5,7,10H2. The van der Waals surface area contributed by atoms with Crippen molar-refractivity contribution in [3.8, 4) is 0 Å². The molecule has 0 bridgehead atoms. The summed E-state index contributed by atoms with van der Waals surface area (Å²) in [5.74, 6) is 0.752. The molecule has 0 radical (unpaired) electrons. The van der Waals surface area contributed by atoms with E-state index in [1.165, 1.54) is 18.5 Å². The van der Waals surface area contributed by atoms with E-state index in [0.29, 0.717) is 0 Å². The lowest BCUT2D eigenvalue weighted by molar-refractivity contribution is 0.332. The number of nitrogens with two attached hydrogens (primary N) is 1. The van der Waals surface area contributed by atoms with E-state index >= 15 is 0 Å². The second-order valence-corrected chi connectivity index (χ2v) is 3.49. The van der Waals surface area contributed by atoms with Crippen molar-refractivity contribution < 1.29 is 0 Å². The van der Waals surface area contributed by atoms with Crippen molar-refractivity contribution in [2.24, 2.45) is 11.7 Å². The number of aryl methyl sites for hydroxylation is 1. The lowest BCUT2D eigenvalue weighted by Crippen LogP contribution is -2.22. The second-order valence-electron chi connectivity index (χ2n) is 3.49. The quantitative estimate of drug-likeness (QED) is 0.704. The molecule has 2 heterocycles. The van der Waals surface area contributed by atoms with Crippen LogP contribution in [0.1, 0.15) is 18.5 Å². The molecule has 2 rings (SSSR count). The van der Waals surface area contributed by atoms with Crippen molar-refractivity contribution in [2.45, 2.75) is 25.8 Å². The molecule has 66 valence electrons. The number of fused-ring (bicyclic) bond motifs is 1. The molecule has 1 aliphatic rings. The molecule has 2 N–H and O–H groups in total. The summed E-state index contributed by atoms with van der Waals surface area (Å²) >= 11 is 0. The summed E-state index contributed by atoms with van der Waals surface area (Å²) in [4.78, 5) is 0. The lowest BCUT2D eigenvalue weighted by atomic mass is 9.95. The Balaban J connectivity index is 2.05. The van der Waals surface area contributed by atoms with Crippen LogP contribution in [0.2, 0.25) is 0 Å². The average Bonchev–Trinajstić information content (AvgIpc) is 2.51. The molecule has 1 aromatic rings. The van der Waals surface area contributed by atoms with Crippen molar-refractivity contribution in [1.82, 2.24) is 9.78 Å². The van der Waals surface area contributed by atoms with E-state index < -0.39 is 0 Å². The van der Waals surface area contributed by atoms with Crippen LogP contribution in [0.15, 0.2) is 12.3 Å². The number of hydrogen-bond acceptors (Lipinski definition) is 2. The van der Waals surface area contributed by atoms with Gasteiger partial charge in [0, 0.05) is 18.4 Å². The lowest BCUT2D eigenvalue weighted by Gasteiger charge is -2.22. The molecule has 0 aromatic carbocycles. The third-order valence-corrected chi connectivity index (χ3v) is 2.62. The Kier molecular flexibility index (Phi) is 2.13. The van der Waals surface area contributed by atoms with Crippen LogP contribution in [-0.2, 0) is 13.0 Å². The Morgan fingerprint density at radius 2 is 2.58 bits per heavy atom. The van der Waals surface area contributed by atoms with E-state index in [2.05, 4.69) is 15.8 Å². The highest BCUT2D eigenvalue weighted by atomic mass is 15.3. The van der Waals surface area contributed by atoms with Crippen molar-refractivity contribution in [2.75, 3.05) is 6.54 Å². The first-order chi connectivity index (χ1) is 5.90. The monoisotopic (exact) mass is 165 g/mol. The van der Waals surface area contributed by atoms with Gasteiger partial charge >= 0.3 is 0 Å². The van der Waals surface area contributed by atoms with Gasteiger partial charge in [0.25, 0.3) is 0 Å².